The third-order valence-electron chi connectivity index (χ3n) is 6.01. The molecule has 6 nitrogen and oxygen atoms in total. The summed E-state index contributed by atoms with van der Waals surface area (Å²) in [5.41, 5.74) is 10.6. The summed E-state index contributed by atoms with van der Waals surface area (Å²) in [4.78, 5) is 21.6. The molecule has 2 heterocycles. The second-order valence-electron chi connectivity index (χ2n) is 8.91. The first-order valence-corrected chi connectivity index (χ1v) is 12.4. The summed E-state index contributed by atoms with van der Waals surface area (Å²) in [5.74, 6) is 1.30. The molecule has 0 aliphatic carbocycles. The van der Waals surface area contributed by atoms with Crippen molar-refractivity contribution in [3.8, 4) is 33.9 Å². The zero-order valence-electron chi connectivity index (χ0n) is 21.0. The lowest BCUT2D eigenvalue weighted by atomic mass is 9.98. The maximum Gasteiger partial charge on any atom is 0.266 e. The number of benzene rings is 2. The number of amides is 1. The number of anilines is 1. The van der Waals surface area contributed by atoms with Gasteiger partial charge in [0.05, 0.1) is 25.6 Å². The van der Waals surface area contributed by atoms with Crippen LogP contribution in [0.25, 0.3) is 32.6 Å². The van der Waals surface area contributed by atoms with E-state index in [1.807, 2.05) is 87.2 Å². The molecule has 7 heteroatoms. The Labute approximate surface area is 210 Å². The lowest BCUT2D eigenvalue weighted by Crippen LogP contribution is -2.41. The first kappa shape index (κ1) is 24.5. The molecule has 4 rings (SSSR count). The van der Waals surface area contributed by atoms with Gasteiger partial charge in [-0.1, -0.05) is 30.3 Å². The van der Waals surface area contributed by atoms with Crippen LogP contribution in [0.5, 0.6) is 11.5 Å². The monoisotopic (exact) mass is 489 g/mol. The molecule has 0 bridgehead atoms. The van der Waals surface area contributed by atoms with Crippen molar-refractivity contribution in [2.24, 2.45) is 0 Å². The van der Waals surface area contributed by atoms with Gasteiger partial charge in [-0.2, -0.15) is 0 Å². The zero-order valence-corrected chi connectivity index (χ0v) is 21.8. The van der Waals surface area contributed by atoms with Crippen molar-refractivity contribution in [3.05, 3.63) is 59.5 Å². The minimum Gasteiger partial charge on any atom is -0.497 e. The van der Waals surface area contributed by atoms with Crippen molar-refractivity contribution < 1.29 is 14.3 Å². The Morgan fingerprint density at radius 2 is 1.63 bits per heavy atom. The van der Waals surface area contributed by atoms with Gasteiger partial charge in [-0.05, 0) is 52.0 Å². The van der Waals surface area contributed by atoms with E-state index < -0.39 is 0 Å². The van der Waals surface area contributed by atoms with Gasteiger partial charge in [0, 0.05) is 34.2 Å². The number of carbonyl (C=O) groups excluding carboxylic acids is 1. The van der Waals surface area contributed by atoms with Crippen molar-refractivity contribution in [2.75, 3.05) is 20.0 Å². The fourth-order valence-electron chi connectivity index (χ4n) is 4.46. The number of rotatable bonds is 7. The average Bonchev–Trinajstić information content (AvgIpc) is 3.19. The number of carbonyl (C=O) groups is 1. The molecule has 2 aromatic carbocycles. The molecule has 2 N–H and O–H groups in total. The number of nitrogens with zero attached hydrogens (tertiary/aromatic N) is 2. The van der Waals surface area contributed by atoms with Crippen LogP contribution >= 0.6 is 11.3 Å². The normalized spacial score (nSPS) is 11.3. The van der Waals surface area contributed by atoms with Crippen LogP contribution in [0.3, 0.4) is 0 Å². The molecule has 0 fully saturated rings. The largest absolute Gasteiger partial charge is 0.497 e. The average molecular weight is 490 g/mol. The van der Waals surface area contributed by atoms with Crippen molar-refractivity contribution >= 4 is 33.1 Å². The van der Waals surface area contributed by atoms with E-state index in [2.05, 4.69) is 0 Å². The van der Waals surface area contributed by atoms with Gasteiger partial charge in [0.1, 0.15) is 21.2 Å². The molecule has 0 radical (unpaired) electrons. The Hall–Kier alpha value is -3.58. The summed E-state index contributed by atoms with van der Waals surface area (Å²) in [7, 11) is 3.27. The van der Waals surface area contributed by atoms with Crippen molar-refractivity contribution in [2.45, 2.75) is 39.8 Å². The number of fused-ring (bicyclic) bond motifs is 1. The van der Waals surface area contributed by atoms with Crippen molar-refractivity contribution in [3.63, 3.8) is 0 Å². The Kier molecular flexibility index (Phi) is 6.98. The highest BCUT2D eigenvalue weighted by molar-refractivity contribution is 7.21. The second kappa shape index (κ2) is 9.96. The Balaban J connectivity index is 2.04. The SMILES string of the molecule is COc1ccc(OC)c(-c2cc(-c3ccccc3)nc3sc(C(=O)N(C(C)C)C(C)C)c(N)c23)c1. The standard InChI is InChI=1S/C28H31N3O3S/c1-16(2)31(17(3)4)28(32)26-25(29)24-21(20-14-19(33-5)12-13-23(20)34-6)15-22(30-27(24)35-26)18-10-8-7-9-11-18/h7-17H,29H2,1-6H3. The fourth-order valence-corrected chi connectivity index (χ4v) is 5.52. The lowest BCUT2D eigenvalue weighted by Gasteiger charge is -2.30. The Morgan fingerprint density at radius 1 is 0.943 bits per heavy atom. The molecule has 0 atom stereocenters. The van der Waals surface area contributed by atoms with Crippen molar-refractivity contribution in [1.29, 1.82) is 0 Å². The van der Waals surface area contributed by atoms with Gasteiger partial charge in [0.15, 0.2) is 0 Å². The van der Waals surface area contributed by atoms with E-state index >= 15 is 0 Å². The molecule has 0 saturated carbocycles. The van der Waals surface area contributed by atoms with Gasteiger partial charge in [-0.15, -0.1) is 11.3 Å². The Morgan fingerprint density at radius 3 is 2.23 bits per heavy atom. The molecule has 182 valence electrons. The number of ether oxygens (including phenoxy) is 2. The van der Waals surface area contributed by atoms with Crippen LogP contribution in [0.2, 0.25) is 0 Å². The molecular formula is C28H31N3O3S. The third kappa shape index (κ3) is 4.56. The van der Waals surface area contributed by atoms with Crippen LogP contribution in [-0.4, -0.2) is 42.1 Å². The van der Waals surface area contributed by atoms with Crippen LogP contribution < -0.4 is 15.2 Å². The molecule has 2 aromatic heterocycles. The Bertz CT molecular complexity index is 1360. The third-order valence-corrected chi connectivity index (χ3v) is 7.09. The highest BCUT2D eigenvalue weighted by Gasteiger charge is 2.28. The van der Waals surface area contributed by atoms with Crippen LogP contribution in [0.4, 0.5) is 5.69 Å². The molecule has 0 aliphatic rings. The van der Waals surface area contributed by atoms with E-state index in [1.54, 1.807) is 14.2 Å². The predicted octanol–water partition coefficient (Wildman–Crippen LogP) is 6.49. The number of hydrogen-bond acceptors (Lipinski definition) is 6. The van der Waals surface area contributed by atoms with E-state index in [1.165, 1.54) is 11.3 Å². The highest BCUT2D eigenvalue weighted by atomic mass is 32.1. The van der Waals surface area contributed by atoms with Crippen LogP contribution in [0, 0.1) is 0 Å². The van der Waals surface area contributed by atoms with Gasteiger partial charge >= 0.3 is 0 Å². The molecule has 4 aromatic rings. The van der Waals surface area contributed by atoms with Crippen LogP contribution in [0.15, 0.2) is 54.6 Å². The quantitative estimate of drug-likeness (QED) is 0.321. The maximum absolute atomic E-state index is 13.6. The van der Waals surface area contributed by atoms with Gasteiger partial charge < -0.3 is 20.1 Å². The molecule has 35 heavy (non-hydrogen) atoms. The summed E-state index contributed by atoms with van der Waals surface area (Å²) < 4.78 is 11.2. The molecule has 1 amide bonds. The molecule has 0 unspecified atom stereocenters. The van der Waals surface area contributed by atoms with E-state index in [9.17, 15) is 4.79 Å². The van der Waals surface area contributed by atoms with Gasteiger partial charge in [-0.25, -0.2) is 4.98 Å². The smallest absolute Gasteiger partial charge is 0.266 e. The first-order chi connectivity index (χ1) is 16.8. The number of nitrogens with two attached hydrogens (primary N) is 1. The number of pyridine rings is 1. The van der Waals surface area contributed by atoms with E-state index in [-0.39, 0.29) is 18.0 Å². The molecule has 0 saturated heterocycles. The van der Waals surface area contributed by atoms with Gasteiger partial charge in [0.2, 0.25) is 0 Å². The number of nitrogen functional groups attached to an aromatic ring is 1. The van der Waals surface area contributed by atoms with Crippen LogP contribution in [-0.2, 0) is 0 Å². The number of aromatic nitrogens is 1. The molecular weight excluding hydrogens is 458 g/mol. The fraction of sp³-hybridized carbons (Fsp3) is 0.286. The van der Waals surface area contributed by atoms with E-state index in [0.717, 1.165) is 27.8 Å². The minimum atomic E-state index is -0.0830. The summed E-state index contributed by atoms with van der Waals surface area (Å²) in [5, 5.41) is 0.747. The van der Waals surface area contributed by atoms with Crippen LogP contribution in [0.1, 0.15) is 37.4 Å². The number of hydrogen-bond donors (Lipinski definition) is 1. The molecule has 0 spiro atoms. The molecule has 0 aliphatic heterocycles. The maximum atomic E-state index is 13.6. The van der Waals surface area contributed by atoms with Crippen molar-refractivity contribution in [1.82, 2.24) is 9.88 Å². The second-order valence-corrected chi connectivity index (χ2v) is 9.91. The predicted molar refractivity (Wildman–Crippen MR) is 144 cm³/mol. The summed E-state index contributed by atoms with van der Waals surface area (Å²) >= 11 is 1.34. The minimum absolute atomic E-state index is 0.0397. The topological polar surface area (TPSA) is 77.7 Å². The first-order valence-electron chi connectivity index (χ1n) is 11.6. The number of thiophene rings is 1. The van der Waals surface area contributed by atoms with E-state index in [0.29, 0.717) is 26.9 Å². The number of methoxy groups -OCH3 is 2. The lowest BCUT2D eigenvalue weighted by molar-refractivity contribution is 0.0650. The highest BCUT2D eigenvalue weighted by Crippen LogP contribution is 2.45. The van der Waals surface area contributed by atoms with Gasteiger partial charge in [-0.3, -0.25) is 4.79 Å². The van der Waals surface area contributed by atoms with Gasteiger partial charge in [0.25, 0.3) is 5.91 Å². The summed E-state index contributed by atoms with van der Waals surface area (Å²) in [6.45, 7) is 8.05. The summed E-state index contributed by atoms with van der Waals surface area (Å²) in [6, 6.07) is 17.7. The summed E-state index contributed by atoms with van der Waals surface area (Å²) in [6.07, 6.45) is 0. The van der Waals surface area contributed by atoms with E-state index in [4.69, 9.17) is 20.2 Å². The zero-order chi connectivity index (χ0) is 25.3.